The zero-order chi connectivity index (χ0) is 19.3. The highest BCUT2D eigenvalue weighted by Crippen LogP contribution is 2.35. The predicted octanol–water partition coefficient (Wildman–Crippen LogP) is 4.93. The van der Waals surface area contributed by atoms with Gasteiger partial charge in [-0.1, -0.05) is 11.6 Å². The number of fused-ring (bicyclic) bond motifs is 2. The highest BCUT2D eigenvalue weighted by atomic mass is 35.5. The van der Waals surface area contributed by atoms with Gasteiger partial charge in [0.05, 0.1) is 15.2 Å². The summed E-state index contributed by atoms with van der Waals surface area (Å²) < 4.78 is 3.07. The number of amides is 1. The number of hydrogen-bond donors (Lipinski definition) is 0. The summed E-state index contributed by atoms with van der Waals surface area (Å²) in [4.78, 5) is 24.1. The Kier molecular flexibility index (Phi) is 4.33. The van der Waals surface area contributed by atoms with Crippen molar-refractivity contribution in [2.75, 3.05) is 13.1 Å². The van der Waals surface area contributed by atoms with E-state index < -0.39 is 0 Å². The molecule has 0 spiro atoms. The number of carbonyl (C=O) groups is 1. The van der Waals surface area contributed by atoms with Crippen LogP contribution in [0.1, 0.15) is 39.8 Å². The van der Waals surface area contributed by atoms with Crippen LogP contribution in [0.4, 0.5) is 0 Å². The Balaban J connectivity index is 1.30. The molecule has 1 aromatic carbocycles. The first-order chi connectivity index (χ1) is 13.6. The molecular weight excluding hydrogens is 392 g/mol. The average molecular weight is 411 g/mol. The van der Waals surface area contributed by atoms with Gasteiger partial charge in [0.15, 0.2) is 0 Å². The predicted molar refractivity (Wildman–Crippen MR) is 112 cm³/mol. The zero-order valence-corrected chi connectivity index (χ0v) is 17.0. The van der Waals surface area contributed by atoms with E-state index in [-0.39, 0.29) is 5.91 Å². The van der Waals surface area contributed by atoms with Crippen molar-refractivity contribution < 1.29 is 4.79 Å². The third-order valence-corrected chi connectivity index (χ3v) is 6.77. The Bertz CT molecular complexity index is 1190. The maximum Gasteiger partial charge on any atom is 0.274 e. The third kappa shape index (κ3) is 3.16. The first-order valence-corrected chi connectivity index (χ1v) is 10.6. The molecule has 28 heavy (non-hydrogen) atoms. The second kappa shape index (κ2) is 6.87. The number of rotatable bonds is 2. The smallest absolute Gasteiger partial charge is 0.274 e. The number of pyridine rings is 1. The Morgan fingerprint density at radius 2 is 2.00 bits per heavy atom. The van der Waals surface area contributed by atoms with E-state index >= 15 is 0 Å². The number of hydrogen-bond acceptors (Lipinski definition) is 4. The van der Waals surface area contributed by atoms with Gasteiger partial charge in [0.25, 0.3) is 5.91 Å². The van der Waals surface area contributed by atoms with Crippen LogP contribution in [0.2, 0.25) is 5.02 Å². The molecule has 1 aliphatic rings. The number of benzene rings is 1. The fourth-order valence-corrected chi connectivity index (χ4v) is 5.05. The van der Waals surface area contributed by atoms with Gasteiger partial charge < -0.3 is 9.30 Å². The van der Waals surface area contributed by atoms with Crippen LogP contribution in [0.3, 0.4) is 0 Å². The van der Waals surface area contributed by atoms with Gasteiger partial charge in [-0.25, -0.2) is 9.97 Å². The van der Waals surface area contributed by atoms with E-state index in [1.54, 1.807) is 11.3 Å². The van der Waals surface area contributed by atoms with Crippen molar-refractivity contribution >= 4 is 44.7 Å². The Morgan fingerprint density at radius 3 is 2.82 bits per heavy atom. The molecule has 1 aliphatic heterocycles. The van der Waals surface area contributed by atoms with E-state index in [0.29, 0.717) is 16.6 Å². The van der Waals surface area contributed by atoms with Gasteiger partial charge in [-0.15, -0.1) is 11.3 Å². The Labute approximate surface area is 171 Å². The summed E-state index contributed by atoms with van der Waals surface area (Å²) in [6.45, 7) is 3.48. The van der Waals surface area contributed by atoms with Crippen molar-refractivity contribution in [3.63, 3.8) is 0 Å². The fraction of sp³-hybridized carbons (Fsp3) is 0.286. The number of aromatic nitrogens is 3. The van der Waals surface area contributed by atoms with E-state index in [1.165, 1.54) is 0 Å². The minimum absolute atomic E-state index is 0.0101. The van der Waals surface area contributed by atoms with Gasteiger partial charge in [0.1, 0.15) is 11.3 Å². The monoisotopic (exact) mass is 410 g/mol. The van der Waals surface area contributed by atoms with Crippen LogP contribution < -0.4 is 0 Å². The van der Waals surface area contributed by atoms with Crippen LogP contribution in [-0.2, 0) is 0 Å². The maximum atomic E-state index is 12.9. The minimum Gasteiger partial charge on any atom is -0.337 e. The molecule has 7 heteroatoms. The van der Waals surface area contributed by atoms with Crippen LogP contribution in [0, 0.1) is 6.92 Å². The molecule has 1 fully saturated rings. The number of halogens is 1. The number of carbonyl (C=O) groups excluding carboxylic acids is 1. The molecule has 142 valence electrons. The number of piperidine rings is 1. The second-order valence-corrected chi connectivity index (χ2v) is 8.82. The quantitative estimate of drug-likeness (QED) is 0.471. The maximum absolute atomic E-state index is 12.9. The highest BCUT2D eigenvalue weighted by molar-refractivity contribution is 7.18. The standard InChI is InChI=1S/C21H19ClN4OS/c1-13-4-7-26-12-17(23-19(26)10-13)21(27)25-8-5-14(6-9-25)20-24-16-11-15(22)2-3-18(16)28-20/h2-4,7,10-12,14H,5-6,8-9H2,1H3. The molecule has 0 saturated carbocycles. The molecule has 3 aromatic heterocycles. The molecule has 0 aliphatic carbocycles. The SMILES string of the molecule is Cc1ccn2cc(C(=O)N3CCC(c4nc5cc(Cl)ccc5s4)CC3)nc2c1. The summed E-state index contributed by atoms with van der Waals surface area (Å²) >= 11 is 7.81. The van der Waals surface area contributed by atoms with Gasteiger partial charge in [-0.3, -0.25) is 4.79 Å². The molecule has 4 aromatic rings. The summed E-state index contributed by atoms with van der Waals surface area (Å²) in [6, 6.07) is 9.86. The van der Waals surface area contributed by atoms with Crippen molar-refractivity contribution in [3.8, 4) is 0 Å². The Morgan fingerprint density at radius 1 is 1.18 bits per heavy atom. The molecule has 0 atom stereocenters. The normalized spacial score (nSPS) is 15.6. The number of nitrogens with zero attached hydrogens (tertiary/aromatic N) is 4. The van der Waals surface area contributed by atoms with Crippen LogP contribution in [-0.4, -0.2) is 38.3 Å². The number of likely N-dealkylation sites (tertiary alicyclic amines) is 1. The van der Waals surface area contributed by atoms with Gasteiger partial charge in [-0.05, 0) is 55.7 Å². The van der Waals surface area contributed by atoms with Gasteiger partial charge >= 0.3 is 0 Å². The van der Waals surface area contributed by atoms with Crippen molar-refractivity contribution in [1.82, 2.24) is 19.3 Å². The summed E-state index contributed by atoms with van der Waals surface area (Å²) in [6.07, 6.45) is 5.61. The van der Waals surface area contributed by atoms with Crippen molar-refractivity contribution in [2.24, 2.45) is 0 Å². The van der Waals surface area contributed by atoms with Gasteiger partial charge in [0, 0.05) is 36.4 Å². The summed E-state index contributed by atoms with van der Waals surface area (Å²) in [7, 11) is 0. The summed E-state index contributed by atoms with van der Waals surface area (Å²) in [5.74, 6) is 0.403. The third-order valence-electron chi connectivity index (χ3n) is 5.33. The largest absolute Gasteiger partial charge is 0.337 e. The lowest BCUT2D eigenvalue weighted by atomic mass is 9.97. The van der Waals surface area contributed by atoms with E-state index in [9.17, 15) is 4.79 Å². The molecule has 5 nitrogen and oxygen atoms in total. The first kappa shape index (κ1) is 17.6. The summed E-state index contributed by atoms with van der Waals surface area (Å²) in [5.41, 5.74) is 3.42. The van der Waals surface area contributed by atoms with Gasteiger partial charge in [-0.2, -0.15) is 0 Å². The van der Waals surface area contributed by atoms with Crippen LogP contribution in [0.5, 0.6) is 0 Å². The lowest BCUT2D eigenvalue weighted by Crippen LogP contribution is -2.38. The fourth-order valence-electron chi connectivity index (χ4n) is 3.77. The molecule has 4 heterocycles. The number of aryl methyl sites for hydroxylation is 1. The number of thiazole rings is 1. The molecule has 0 N–H and O–H groups in total. The second-order valence-electron chi connectivity index (χ2n) is 7.33. The lowest BCUT2D eigenvalue weighted by Gasteiger charge is -2.30. The first-order valence-electron chi connectivity index (χ1n) is 9.37. The molecule has 0 unspecified atom stereocenters. The van der Waals surface area contributed by atoms with Gasteiger partial charge in [0.2, 0.25) is 0 Å². The van der Waals surface area contributed by atoms with Crippen molar-refractivity contribution in [3.05, 3.63) is 64.0 Å². The lowest BCUT2D eigenvalue weighted by molar-refractivity contribution is 0.0707. The molecule has 5 rings (SSSR count). The van der Waals surface area contributed by atoms with Crippen LogP contribution >= 0.6 is 22.9 Å². The van der Waals surface area contributed by atoms with Crippen molar-refractivity contribution in [1.29, 1.82) is 0 Å². The van der Waals surface area contributed by atoms with E-state index in [1.807, 2.05) is 58.9 Å². The van der Waals surface area contributed by atoms with Crippen LogP contribution in [0.25, 0.3) is 15.9 Å². The van der Waals surface area contributed by atoms with Crippen molar-refractivity contribution in [2.45, 2.75) is 25.7 Å². The molecular formula is C21H19ClN4OS. The van der Waals surface area contributed by atoms with E-state index in [4.69, 9.17) is 16.6 Å². The topological polar surface area (TPSA) is 50.5 Å². The summed E-state index contributed by atoms with van der Waals surface area (Å²) in [5, 5.41) is 1.86. The van der Waals surface area contributed by atoms with E-state index in [0.717, 1.165) is 52.4 Å². The molecule has 1 saturated heterocycles. The average Bonchev–Trinajstić information content (AvgIpc) is 3.30. The number of imidazole rings is 1. The molecule has 1 amide bonds. The van der Waals surface area contributed by atoms with Crippen LogP contribution in [0.15, 0.2) is 42.7 Å². The zero-order valence-electron chi connectivity index (χ0n) is 15.4. The molecule has 0 bridgehead atoms. The Hall–Kier alpha value is -2.44. The highest BCUT2D eigenvalue weighted by Gasteiger charge is 2.27. The minimum atomic E-state index is 0.0101. The molecule has 0 radical (unpaired) electrons. The van der Waals surface area contributed by atoms with E-state index in [2.05, 4.69) is 4.98 Å².